The Morgan fingerprint density at radius 1 is 1.13 bits per heavy atom. The maximum Gasteiger partial charge on any atom is 0.154 e. The zero-order valence-electron chi connectivity index (χ0n) is 16.8. The van der Waals surface area contributed by atoms with Gasteiger partial charge in [-0.3, -0.25) is 9.67 Å². The predicted molar refractivity (Wildman–Crippen MR) is 118 cm³/mol. The van der Waals surface area contributed by atoms with Crippen LogP contribution < -0.4 is 10.6 Å². The summed E-state index contributed by atoms with van der Waals surface area (Å²) in [4.78, 5) is 13.9. The van der Waals surface area contributed by atoms with E-state index in [4.69, 9.17) is 4.98 Å². The number of hydrogen-bond donors (Lipinski definition) is 2. The molecule has 1 aromatic carbocycles. The molecule has 1 atom stereocenters. The van der Waals surface area contributed by atoms with Gasteiger partial charge in [-0.2, -0.15) is 5.10 Å². The van der Waals surface area contributed by atoms with E-state index in [1.165, 1.54) is 18.4 Å². The molecule has 0 amide bonds. The molecule has 0 spiro atoms. The van der Waals surface area contributed by atoms with Crippen molar-refractivity contribution in [2.75, 3.05) is 25.0 Å². The van der Waals surface area contributed by atoms with Crippen LogP contribution in [0.25, 0.3) is 22.3 Å². The number of rotatable bonds is 6. The molecule has 0 saturated carbocycles. The average Bonchev–Trinajstić information content (AvgIpc) is 3.27. The molecule has 1 aliphatic rings. The fourth-order valence-electron chi connectivity index (χ4n) is 3.94. The van der Waals surface area contributed by atoms with Gasteiger partial charge in [-0.1, -0.05) is 30.3 Å². The van der Waals surface area contributed by atoms with E-state index in [1.807, 2.05) is 41.3 Å². The van der Waals surface area contributed by atoms with Crippen LogP contribution in [0.15, 0.2) is 61.2 Å². The molecule has 5 rings (SSSR count). The van der Waals surface area contributed by atoms with E-state index < -0.39 is 0 Å². The third-order valence-electron chi connectivity index (χ3n) is 5.53. The van der Waals surface area contributed by atoms with Crippen molar-refractivity contribution in [2.24, 2.45) is 5.92 Å². The summed E-state index contributed by atoms with van der Waals surface area (Å²) in [6.07, 6.45) is 9.79. The minimum atomic E-state index is 0.601. The van der Waals surface area contributed by atoms with Gasteiger partial charge in [-0.25, -0.2) is 9.97 Å². The molecule has 0 radical (unpaired) electrons. The van der Waals surface area contributed by atoms with Crippen LogP contribution in [-0.4, -0.2) is 44.4 Å². The van der Waals surface area contributed by atoms with E-state index in [9.17, 15) is 0 Å². The van der Waals surface area contributed by atoms with E-state index in [2.05, 4.69) is 37.8 Å². The highest BCUT2D eigenvalue weighted by atomic mass is 15.3. The molecule has 1 fully saturated rings. The summed E-state index contributed by atoms with van der Waals surface area (Å²) in [6.45, 7) is 3.77. The van der Waals surface area contributed by atoms with Gasteiger partial charge >= 0.3 is 0 Å². The third kappa shape index (κ3) is 4.16. The molecule has 4 heterocycles. The number of anilines is 1. The van der Waals surface area contributed by atoms with Crippen molar-refractivity contribution in [3.63, 3.8) is 0 Å². The minimum absolute atomic E-state index is 0.601. The number of benzene rings is 1. The Morgan fingerprint density at radius 2 is 2.03 bits per heavy atom. The number of piperidine rings is 1. The zero-order valence-corrected chi connectivity index (χ0v) is 16.8. The van der Waals surface area contributed by atoms with Gasteiger partial charge in [0.1, 0.15) is 5.52 Å². The van der Waals surface area contributed by atoms with Crippen molar-refractivity contribution < 1.29 is 0 Å². The van der Waals surface area contributed by atoms with Crippen molar-refractivity contribution in [3.8, 4) is 11.3 Å². The van der Waals surface area contributed by atoms with Gasteiger partial charge < -0.3 is 10.6 Å². The Morgan fingerprint density at radius 3 is 2.90 bits per heavy atom. The van der Waals surface area contributed by atoms with Crippen molar-refractivity contribution in [2.45, 2.75) is 19.4 Å². The topological polar surface area (TPSA) is 80.5 Å². The molecule has 3 aromatic heterocycles. The molecule has 2 N–H and O–H groups in total. The fraction of sp³-hybridized carbons (Fsp3) is 0.304. The van der Waals surface area contributed by atoms with Crippen LogP contribution in [0, 0.1) is 5.92 Å². The predicted octanol–water partition coefficient (Wildman–Crippen LogP) is 3.35. The first-order valence-electron chi connectivity index (χ1n) is 10.5. The van der Waals surface area contributed by atoms with Gasteiger partial charge in [0.15, 0.2) is 5.82 Å². The highest BCUT2D eigenvalue weighted by Crippen LogP contribution is 2.26. The van der Waals surface area contributed by atoms with Crippen LogP contribution in [0.2, 0.25) is 0 Å². The molecule has 7 heteroatoms. The number of fused-ring (bicyclic) bond motifs is 1. The molecule has 30 heavy (non-hydrogen) atoms. The quantitative estimate of drug-likeness (QED) is 0.518. The minimum Gasteiger partial charge on any atom is -0.368 e. The molecular formula is C23H25N7. The molecule has 1 aliphatic heterocycles. The summed E-state index contributed by atoms with van der Waals surface area (Å²) in [7, 11) is 0. The SMILES string of the molecule is c1ccc(Cn2cc(-c3cc4nccnc4c(NCC4CCCNC4)n3)cn2)cc1. The number of hydrogen-bond acceptors (Lipinski definition) is 6. The molecule has 0 bridgehead atoms. The van der Waals surface area contributed by atoms with Crippen LogP contribution in [0.1, 0.15) is 18.4 Å². The molecular weight excluding hydrogens is 374 g/mol. The third-order valence-corrected chi connectivity index (χ3v) is 5.53. The van der Waals surface area contributed by atoms with Gasteiger partial charge in [0.2, 0.25) is 0 Å². The number of aromatic nitrogens is 5. The van der Waals surface area contributed by atoms with Crippen molar-refractivity contribution >= 4 is 16.9 Å². The Hall–Kier alpha value is -3.32. The highest BCUT2D eigenvalue weighted by molar-refractivity contribution is 5.88. The van der Waals surface area contributed by atoms with Crippen LogP contribution in [-0.2, 0) is 6.54 Å². The van der Waals surface area contributed by atoms with E-state index in [-0.39, 0.29) is 0 Å². The summed E-state index contributed by atoms with van der Waals surface area (Å²) in [5.74, 6) is 1.39. The highest BCUT2D eigenvalue weighted by Gasteiger charge is 2.15. The van der Waals surface area contributed by atoms with E-state index in [1.54, 1.807) is 12.4 Å². The first-order valence-corrected chi connectivity index (χ1v) is 10.5. The average molecular weight is 400 g/mol. The zero-order chi connectivity index (χ0) is 20.2. The molecule has 0 aliphatic carbocycles. The first-order chi connectivity index (χ1) is 14.8. The molecule has 7 nitrogen and oxygen atoms in total. The van der Waals surface area contributed by atoms with Gasteiger partial charge in [0, 0.05) is 30.7 Å². The number of pyridine rings is 1. The maximum absolute atomic E-state index is 4.89. The Bertz CT molecular complexity index is 1120. The second kappa shape index (κ2) is 8.59. The van der Waals surface area contributed by atoms with Crippen LogP contribution >= 0.6 is 0 Å². The smallest absolute Gasteiger partial charge is 0.154 e. The fourth-order valence-corrected chi connectivity index (χ4v) is 3.94. The monoisotopic (exact) mass is 399 g/mol. The normalized spacial score (nSPS) is 16.6. The van der Waals surface area contributed by atoms with Crippen LogP contribution in [0.3, 0.4) is 0 Å². The summed E-state index contributed by atoms with van der Waals surface area (Å²) in [5.41, 5.74) is 4.68. The van der Waals surface area contributed by atoms with E-state index >= 15 is 0 Å². The van der Waals surface area contributed by atoms with Crippen LogP contribution in [0.5, 0.6) is 0 Å². The van der Waals surface area contributed by atoms with Gasteiger partial charge in [0.25, 0.3) is 0 Å². The molecule has 1 saturated heterocycles. The summed E-state index contributed by atoms with van der Waals surface area (Å²) in [6, 6.07) is 12.3. The standard InChI is InChI=1S/C23H25N7/c1-2-5-17(6-3-1)15-30-16-19(14-28-30)20-11-21-22(26-10-9-25-21)23(29-20)27-13-18-7-4-8-24-12-18/h1-3,5-6,9-11,14,16,18,24H,4,7-8,12-13,15H2,(H,27,29). The summed E-state index contributed by atoms with van der Waals surface area (Å²) in [5, 5.41) is 11.5. The second-order valence-corrected chi connectivity index (χ2v) is 7.79. The lowest BCUT2D eigenvalue weighted by Gasteiger charge is -2.23. The Kier molecular flexibility index (Phi) is 5.35. The molecule has 152 valence electrons. The van der Waals surface area contributed by atoms with Crippen molar-refractivity contribution in [1.29, 1.82) is 0 Å². The summed E-state index contributed by atoms with van der Waals surface area (Å²) < 4.78 is 1.94. The first kappa shape index (κ1) is 18.7. The van der Waals surface area contributed by atoms with Crippen LogP contribution in [0.4, 0.5) is 5.82 Å². The maximum atomic E-state index is 4.89. The van der Waals surface area contributed by atoms with Crippen molar-refractivity contribution in [1.82, 2.24) is 30.0 Å². The Balaban J connectivity index is 1.41. The molecule has 1 unspecified atom stereocenters. The van der Waals surface area contributed by atoms with Crippen molar-refractivity contribution in [3.05, 3.63) is 66.7 Å². The Labute approximate surface area is 175 Å². The summed E-state index contributed by atoms with van der Waals surface area (Å²) >= 11 is 0. The van der Waals surface area contributed by atoms with Gasteiger partial charge in [-0.05, 0) is 43.5 Å². The number of nitrogens with zero attached hydrogens (tertiary/aromatic N) is 5. The van der Waals surface area contributed by atoms with Gasteiger partial charge in [-0.15, -0.1) is 0 Å². The van der Waals surface area contributed by atoms with E-state index in [0.717, 1.165) is 54.3 Å². The largest absolute Gasteiger partial charge is 0.368 e. The van der Waals surface area contributed by atoms with E-state index in [0.29, 0.717) is 5.92 Å². The molecule has 4 aromatic rings. The second-order valence-electron chi connectivity index (χ2n) is 7.79. The lowest BCUT2D eigenvalue weighted by molar-refractivity contribution is 0.392. The van der Waals surface area contributed by atoms with Gasteiger partial charge in [0.05, 0.1) is 24.0 Å². The number of nitrogens with one attached hydrogen (secondary N) is 2. The lowest BCUT2D eigenvalue weighted by atomic mass is 10.00. The lowest BCUT2D eigenvalue weighted by Crippen LogP contribution is -2.33.